The molecule has 0 saturated carbocycles. The van der Waals surface area contributed by atoms with Crippen LogP contribution in [0.15, 0.2) is 35.7 Å². The highest BCUT2D eigenvalue weighted by Crippen LogP contribution is 2.17. The summed E-state index contributed by atoms with van der Waals surface area (Å²) in [6.45, 7) is 0. The van der Waals surface area contributed by atoms with Crippen molar-refractivity contribution in [2.24, 2.45) is 0 Å². The largest absolute Gasteiger partial charge is 0.292 e. The van der Waals surface area contributed by atoms with Gasteiger partial charge in [-0.15, -0.1) is 12.6 Å². The molecule has 0 unspecified atom stereocenters. The molecule has 0 aliphatic rings. The van der Waals surface area contributed by atoms with Gasteiger partial charge in [0.1, 0.15) is 11.6 Å². The molecule has 0 spiro atoms. The fraction of sp³-hybridized carbons (Fsp3) is 0. The van der Waals surface area contributed by atoms with Crippen molar-refractivity contribution in [2.45, 2.75) is 5.16 Å². The summed E-state index contributed by atoms with van der Waals surface area (Å²) >= 11 is 4.02. The normalized spacial score (nSPS) is 10.5. The third-order valence-electron chi connectivity index (χ3n) is 1.79. The van der Waals surface area contributed by atoms with Gasteiger partial charge in [0, 0.05) is 18.5 Å². The molecular formula is C9H6F2N2S. The zero-order valence-corrected chi connectivity index (χ0v) is 7.88. The Balaban J connectivity index is 2.58. The molecule has 2 rings (SSSR count). The highest BCUT2D eigenvalue weighted by atomic mass is 32.1. The standard InChI is InChI=1S/C9H6F2N2S/c10-6-1-2-8(7(11)5-6)13-4-3-12-9(13)14/h1-5H,(H,12,14). The topological polar surface area (TPSA) is 17.8 Å². The van der Waals surface area contributed by atoms with E-state index in [0.717, 1.165) is 6.07 Å². The summed E-state index contributed by atoms with van der Waals surface area (Å²) in [5, 5.41) is 0.357. The van der Waals surface area contributed by atoms with Crippen molar-refractivity contribution < 1.29 is 8.78 Å². The second-order valence-electron chi connectivity index (χ2n) is 2.69. The van der Waals surface area contributed by atoms with Gasteiger partial charge in [-0.2, -0.15) is 0 Å². The first-order valence-electron chi connectivity index (χ1n) is 3.86. The van der Waals surface area contributed by atoms with Gasteiger partial charge in [0.15, 0.2) is 5.16 Å². The molecule has 0 radical (unpaired) electrons. The van der Waals surface area contributed by atoms with Gasteiger partial charge in [0.2, 0.25) is 0 Å². The first kappa shape index (κ1) is 9.21. The maximum absolute atomic E-state index is 13.3. The van der Waals surface area contributed by atoms with Crippen LogP contribution in [-0.2, 0) is 0 Å². The molecule has 0 atom stereocenters. The van der Waals surface area contributed by atoms with Crippen LogP contribution in [0.3, 0.4) is 0 Å². The highest BCUT2D eigenvalue weighted by Gasteiger charge is 2.07. The molecule has 72 valence electrons. The number of halogens is 2. The average Bonchev–Trinajstić information content (AvgIpc) is 2.52. The summed E-state index contributed by atoms with van der Waals surface area (Å²) in [6.07, 6.45) is 3.05. The first-order valence-corrected chi connectivity index (χ1v) is 4.31. The van der Waals surface area contributed by atoms with Gasteiger partial charge >= 0.3 is 0 Å². The van der Waals surface area contributed by atoms with Gasteiger partial charge < -0.3 is 0 Å². The van der Waals surface area contributed by atoms with Crippen molar-refractivity contribution in [1.82, 2.24) is 9.55 Å². The molecule has 2 nitrogen and oxygen atoms in total. The van der Waals surface area contributed by atoms with Crippen molar-refractivity contribution in [2.75, 3.05) is 0 Å². The van der Waals surface area contributed by atoms with Crippen molar-refractivity contribution >= 4 is 12.6 Å². The van der Waals surface area contributed by atoms with Crippen molar-refractivity contribution in [1.29, 1.82) is 0 Å². The van der Waals surface area contributed by atoms with E-state index in [9.17, 15) is 8.78 Å². The quantitative estimate of drug-likeness (QED) is 0.719. The Bertz CT molecular complexity index is 468. The van der Waals surface area contributed by atoms with Crippen molar-refractivity contribution in [3.05, 3.63) is 42.2 Å². The highest BCUT2D eigenvalue weighted by molar-refractivity contribution is 7.80. The predicted molar refractivity (Wildman–Crippen MR) is 50.7 cm³/mol. The predicted octanol–water partition coefficient (Wildman–Crippen LogP) is 2.44. The first-order chi connectivity index (χ1) is 6.68. The smallest absolute Gasteiger partial charge is 0.169 e. The molecule has 2 aromatic rings. The summed E-state index contributed by atoms with van der Waals surface area (Å²) < 4.78 is 27.3. The zero-order chi connectivity index (χ0) is 10.1. The summed E-state index contributed by atoms with van der Waals surface area (Å²) in [5.41, 5.74) is 0.230. The Labute approximate surface area is 84.6 Å². The molecule has 0 amide bonds. The number of hydrogen-bond donors (Lipinski definition) is 1. The lowest BCUT2D eigenvalue weighted by Crippen LogP contribution is -1.97. The van der Waals surface area contributed by atoms with Gasteiger partial charge in [0.25, 0.3) is 0 Å². The maximum Gasteiger partial charge on any atom is 0.169 e. The minimum Gasteiger partial charge on any atom is -0.292 e. The molecule has 1 aromatic carbocycles. The van der Waals surface area contributed by atoms with E-state index in [-0.39, 0.29) is 5.69 Å². The monoisotopic (exact) mass is 212 g/mol. The molecule has 0 bridgehead atoms. The van der Waals surface area contributed by atoms with E-state index in [1.54, 1.807) is 6.20 Å². The number of benzene rings is 1. The average molecular weight is 212 g/mol. The van der Waals surface area contributed by atoms with Gasteiger partial charge in [-0.3, -0.25) is 4.57 Å². The van der Waals surface area contributed by atoms with Gasteiger partial charge in [-0.05, 0) is 12.1 Å². The summed E-state index contributed by atoms with van der Waals surface area (Å²) in [6, 6.07) is 3.35. The number of imidazole rings is 1. The third kappa shape index (κ3) is 1.50. The molecule has 1 aromatic heterocycles. The van der Waals surface area contributed by atoms with Gasteiger partial charge in [0.05, 0.1) is 5.69 Å². The van der Waals surface area contributed by atoms with Crippen LogP contribution < -0.4 is 0 Å². The number of hydrogen-bond acceptors (Lipinski definition) is 2. The Morgan fingerprint density at radius 1 is 1.29 bits per heavy atom. The number of rotatable bonds is 1. The van der Waals surface area contributed by atoms with E-state index in [0.29, 0.717) is 5.16 Å². The lowest BCUT2D eigenvalue weighted by atomic mass is 10.3. The van der Waals surface area contributed by atoms with Crippen LogP contribution in [0.5, 0.6) is 0 Å². The second kappa shape index (κ2) is 3.42. The van der Waals surface area contributed by atoms with Crippen LogP contribution in [0.2, 0.25) is 0 Å². The molecule has 1 heterocycles. The van der Waals surface area contributed by atoms with E-state index in [4.69, 9.17) is 0 Å². The number of nitrogens with zero attached hydrogens (tertiary/aromatic N) is 2. The molecule has 14 heavy (non-hydrogen) atoms. The van der Waals surface area contributed by atoms with Gasteiger partial charge in [-0.25, -0.2) is 13.8 Å². The van der Waals surface area contributed by atoms with Crippen LogP contribution in [0, 0.1) is 11.6 Å². The maximum atomic E-state index is 13.3. The molecule has 5 heteroatoms. The van der Waals surface area contributed by atoms with E-state index in [1.165, 1.54) is 22.9 Å². The summed E-state index contributed by atoms with van der Waals surface area (Å²) in [5.74, 6) is -1.25. The fourth-order valence-corrected chi connectivity index (χ4v) is 1.40. The fourth-order valence-electron chi connectivity index (χ4n) is 1.16. The number of aromatic nitrogens is 2. The lowest BCUT2D eigenvalue weighted by Gasteiger charge is -2.05. The van der Waals surface area contributed by atoms with E-state index in [2.05, 4.69) is 17.6 Å². The molecule has 0 N–H and O–H groups in total. The zero-order valence-electron chi connectivity index (χ0n) is 6.98. The lowest BCUT2D eigenvalue weighted by molar-refractivity contribution is 0.575. The van der Waals surface area contributed by atoms with E-state index in [1.807, 2.05) is 0 Å². The van der Waals surface area contributed by atoms with Crippen molar-refractivity contribution in [3.8, 4) is 5.69 Å². The van der Waals surface area contributed by atoms with Crippen LogP contribution in [0.25, 0.3) is 5.69 Å². The Hall–Kier alpha value is -1.36. The van der Waals surface area contributed by atoms with Gasteiger partial charge in [-0.1, -0.05) is 0 Å². The SMILES string of the molecule is Fc1ccc(-n2ccnc2S)c(F)c1. The number of thiol groups is 1. The summed E-state index contributed by atoms with van der Waals surface area (Å²) in [4.78, 5) is 3.82. The second-order valence-corrected chi connectivity index (χ2v) is 3.09. The molecular weight excluding hydrogens is 206 g/mol. The molecule has 0 aliphatic carbocycles. The molecule has 0 fully saturated rings. The minimum absolute atomic E-state index is 0.230. The van der Waals surface area contributed by atoms with E-state index < -0.39 is 11.6 Å². The Kier molecular flexibility index (Phi) is 2.25. The Morgan fingerprint density at radius 2 is 2.07 bits per heavy atom. The Morgan fingerprint density at radius 3 is 2.64 bits per heavy atom. The van der Waals surface area contributed by atoms with Crippen molar-refractivity contribution in [3.63, 3.8) is 0 Å². The van der Waals surface area contributed by atoms with Crippen LogP contribution in [0.4, 0.5) is 8.78 Å². The van der Waals surface area contributed by atoms with Crippen LogP contribution in [-0.4, -0.2) is 9.55 Å². The molecule has 0 saturated heterocycles. The summed E-state index contributed by atoms with van der Waals surface area (Å²) in [7, 11) is 0. The molecule has 0 aliphatic heterocycles. The van der Waals surface area contributed by atoms with Crippen LogP contribution >= 0.6 is 12.6 Å². The third-order valence-corrected chi connectivity index (χ3v) is 2.12. The van der Waals surface area contributed by atoms with Crippen LogP contribution in [0.1, 0.15) is 0 Å². The van der Waals surface area contributed by atoms with E-state index >= 15 is 0 Å². The minimum atomic E-state index is -0.640.